The molecule has 3 nitrogen and oxygen atoms in total. The third kappa shape index (κ3) is 2.33. The van der Waals surface area contributed by atoms with Gasteiger partial charge in [0, 0.05) is 19.2 Å². The first kappa shape index (κ1) is 14.3. The fourth-order valence-electron chi connectivity index (χ4n) is 3.92. The molecule has 2 N–H and O–H groups in total. The van der Waals surface area contributed by atoms with Gasteiger partial charge < -0.3 is 10.5 Å². The highest BCUT2D eigenvalue weighted by molar-refractivity contribution is 5.06. The van der Waals surface area contributed by atoms with Crippen LogP contribution in [0.2, 0.25) is 0 Å². The molecule has 2 aliphatic rings. The maximum absolute atomic E-state index is 6.05. The Bertz CT molecular complexity index is 260. The summed E-state index contributed by atoms with van der Waals surface area (Å²) in [6.07, 6.45) is 8.05. The minimum absolute atomic E-state index is 0.258. The van der Waals surface area contributed by atoms with E-state index in [0.29, 0.717) is 11.5 Å². The van der Waals surface area contributed by atoms with Crippen LogP contribution >= 0.6 is 0 Å². The van der Waals surface area contributed by atoms with Crippen molar-refractivity contribution >= 4 is 0 Å². The molecule has 2 fully saturated rings. The van der Waals surface area contributed by atoms with Crippen LogP contribution in [-0.2, 0) is 4.74 Å². The van der Waals surface area contributed by atoms with E-state index in [1.54, 1.807) is 0 Å². The lowest BCUT2D eigenvalue weighted by atomic mass is 9.68. The van der Waals surface area contributed by atoms with Gasteiger partial charge >= 0.3 is 0 Å². The van der Waals surface area contributed by atoms with Gasteiger partial charge in [0.25, 0.3) is 0 Å². The van der Waals surface area contributed by atoms with E-state index >= 15 is 0 Å². The highest BCUT2D eigenvalue weighted by Crippen LogP contribution is 2.45. The van der Waals surface area contributed by atoms with Gasteiger partial charge in [0.15, 0.2) is 0 Å². The second-order valence-corrected chi connectivity index (χ2v) is 6.39. The van der Waals surface area contributed by atoms with Gasteiger partial charge in [-0.2, -0.15) is 0 Å². The van der Waals surface area contributed by atoms with Crippen molar-refractivity contribution in [1.29, 1.82) is 0 Å². The lowest BCUT2D eigenvalue weighted by Crippen LogP contribution is -2.65. The fraction of sp³-hybridized carbons (Fsp3) is 1.00. The second-order valence-electron chi connectivity index (χ2n) is 6.39. The summed E-state index contributed by atoms with van der Waals surface area (Å²) in [5.74, 6) is 0. The minimum atomic E-state index is 0.258. The molecule has 0 radical (unpaired) electrons. The molecule has 3 heteroatoms. The quantitative estimate of drug-likeness (QED) is 0.819. The lowest BCUT2D eigenvalue weighted by Gasteiger charge is -2.56. The van der Waals surface area contributed by atoms with E-state index in [-0.39, 0.29) is 5.54 Å². The van der Waals surface area contributed by atoms with Gasteiger partial charge in [-0.1, -0.05) is 26.7 Å². The number of hydrogen-bond donors (Lipinski definition) is 1. The van der Waals surface area contributed by atoms with Crippen molar-refractivity contribution in [2.24, 2.45) is 11.1 Å². The summed E-state index contributed by atoms with van der Waals surface area (Å²) in [6, 6.07) is 0. The van der Waals surface area contributed by atoms with Crippen LogP contribution in [0.15, 0.2) is 0 Å². The van der Waals surface area contributed by atoms with E-state index in [0.717, 1.165) is 19.4 Å². The Hall–Kier alpha value is -0.120. The van der Waals surface area contributed by atoms with Gasteiger partial charge in [-0.3, -0.25) is 4.90 Å². The van der Waals surface area contributed by atoms with Crippen LogP contribution in [-0.4, -0.2) is 43.3 Å². The first-order chi connectivity index (χ1) is 8.63. The van der Waals surface area contributed by atoms with Gasteiger partial charge in [-0.25, -0.2) is 0 Å². The molecular weight excluding hydrogens is 224 g/mol. The van der Waals surface area contributed by atoms with Gasteiger partial charge in [0.1, 0.15) is 0 Å². The fourth-order valence-corrected chi connectivity index (χ4v) is 3.92. The Morgan fingerprint density at radius 1 is 1.17 bits per heavy atom. The number of nitrogens with zero attached hydrogens (tertiary/aromatic N) is 1. The maximum atomic E-state index is 6.05. The first-order valence-electron chi connectivity index (χ1n) is 7.61. The summed E-state index contributed by atoms with van der Waals surface area (Å²) in [4.78, 5) is 2.66. The number of piperidine rings is 1. The van der Waals surface area contributed by atoms with Crippen molar-refractivity contribution in [3.05, 3.63) is 0 Å². The van der Waals surface area contributed by atoms with Crippen molar-refractivity contribution in [1.82, 2.24) is 4.90 Å². The molecule has 0 bridgehead atoms. The molecule has 0 amide bonds. The molecule has 1 saturated carbocycles. The van der Waals surface area contributed by atoms with Crippen LogP contribution in [0.5, 0.6) is 0 Å². The van der Waals surface area contributed by atoms with Crippen LogP contribution in [0.4, 0.5) is 0 Å². The summed E-state index contributed by atoms with van der Waals surface area (Å²) >= 11 is 0. The number of rotatable bonds is 5. The third-order valence-corrected chi connectivity index (χ3v) is 5.92. The lowest BCUT2D eigenvalue weighted by molar-refractivity contribution is -0.104. The van der Waals surface area contributed by atoms with E-state index in [1.807, 2.05) is 7.11 Å². The van der Waals surface area contributed by atoms with Crippen molar-refractivity contribution in [3.63, 3.8) is 0 Å². The van der Waals surface area contributed by atoms with E-state index in [1.165, 1.54) is 38.8 Å². The zero-order chi connectivity index (χ0) is 13.2. The third-order valence-electron chi connectivity index (χ3n) is 5.92. The van der Waals surface area contributed by atoms with Crippen LogP contribution in [0, 0.1) is 5.41 Å². The summed E-state index contributed by atoms with van der Waals surface area (Å²) in [5, 5.41) is 0. The number of methoxy groups -OCH3 is 1. The molecule has 1 aliphatic heterocycles. The van der Waals surface area contributed by atoms with Crippen molar-refractivity contribution < 1.29 is 4.74 Å². The van der Waals surface area contributed by atoms with E-state index in [4.69, 9.17) is 10.5 Å². The summed E-state index contributed by atoms with van der Waals surface area (Å²) < 4.78 is 5.44. The summed E-state index contributed by atoms with van der Waals surface area (Å²) in [7, 11) is 1.82. The molecule has 0 atom stereocenters. The van der Waals surface area contributed by atoms with Crippen molar-refractivity contribution in [2.75, 3.05) is 26.7 Å². The Kier molecular flexibility index (Phi) is 4.35. The normalized spacial score (nSPS) is 36.3. The molecule has 2 rings (SSSR count). The maximum Gasteiger partial charge on any atom is 0.0607 e. The second kappa shape index (κ2) is 5.48. The molecule has 18 heavy (non-hydrogen) atoms. The SMILES string of the molecule is CCC1(CC)CCN(C2(CN)CC(OC)C2)CC1. The number of likely N-dealkylation sites (tertiary alicyclic amines) is 1. The Morgan fingerprint density at radius 3 is 2.11 bits per heavy atom. The van der Waals surface area contributed by atoms with Crippen LogP contribution in [0.1, 0.15) is 52.4 Å². The molecular formula is C15H30N2O. The van der Waals surface area contributed by atoms with E-state index < -0.39 is 0 Å². The molecule has 1 saturated heterocycles. The van der Waals surface area contributed by atoms with Gasteiger partial charge in [0.2, 0.25) is 0 Å². The zero-order valence-corrected chi connectivity index (χ0v) is 12.4. The highest BCUT2D eigenvalue weighted by Gasteiger charge is 2.49. The number of hydrogen-bond acceptors (Lipinski definition) is 3. The van der Waals surface area contributed by atoms with Crippen molar-refractivity contribution in [2.45, 2.75) is 64.0 Å². The summed E-state index contributed by atoms with van der Waals surface area (Å²) in [6.45, 7) is 7.95. The zero-order valence-electron chi connectivity index (χ0n) is 12.4. The first-order valence-corrected chi connectivity index (χ1v) is 7.61. The standard InChI is InChI=1S/C15H30N2O/c1-4-14(5-2)6-8-17(9-7-14)15(12-16)10-13(11-15)18-3/h13H,4-12,16H2,1-3H3. The molecule has 1 aliphatic carbocycles. The van der Waals surface area contributed by atoms with Gasteiger partial charge in [0.05, 0.1) is 6.10 Å². The Balaban J connectivity index is 1.93. The average Bonchev–Trinajstić information content (AvgIpc) is 2.39. The minimum Gasteiger partial charge on any atom is -0.381 e. The number of nitrogens with two attached hydrogens (primary N) is 1. The molecule has 0 aromatic carbocycles. The smallest absolute Gasteiger partial charge is 0.0607 e. The average molecular weight is 254 g/mol. The topological polar surface area (TPSA) is 38.5 Å². The molecule has 1 heterocycles. The van der Waals surface area contributed by atoms with Crippen molar-refractivity contribution in [3.8, 4) is 0 Å². The van der Waals surface area contributed by atoms with Crippen LogP contribution in [0.25, 0.3) is 0 Å². The molecule has 106 valence electrons. The molecule has 0 aromatic heterocycles. The largest absolute Gasteiger partial charge is 0.381 e. The van der Waals surface area contributed by atoms with Crippen LogP contribution in [0.3, 0.4) is 0 Å². The Labute approximate surface area is 112 Å². The molecule has 0 spiro atoms. The van der Waals surface area contributed by atoms with Gasteiger partial charge in [-0.15, -0.1) is 0 Å². The summed E-state index contributed by atoms with van der Waals surface area (Å²) in [5.41, 5.74) is 6.92. The van der Waals surface area contributed by atoms with Gasteiger partial charge in [-0.05, 0) is 44.2 Å². The predicted octanol–water partition coefficient (Wildman–Crippen LogP) is 2.39. The molecule has 0 unspecified atom stereocenters. The van der Waals surface area contributed by atoms with E-state index in [9.17, 15) is 0 Å². The Morgan fingerprint density at radius 2 is 1.72 bits per heavy atom. The van der Waals surface area contributed by atoms with Crippen LogP contribution < -0.4 is 5.73 Å². The molecule has 0 aromatic rings. The number of ether oxygens (including phenoxy) is 1. The predicted molar refractivity (Wildman–Crippen MR) is 75.6 cm³/mol. The van der Waals surface area contributed by atoms with E-state index in [2.05, 4.69) is 18.7 Å². The highest BCUT2D eigenvalue weighted by atomic mass is 16.5. The monoisotopic (exact) mass is 254 g/mol.